The Balaban J connectivity index is 4.70. The van der Waals surface area contributed by atoms with E-state index in [4.69, 9.17) is 15.9 Å². The molecule has 0 spiro atoms. The van der Waals surface area contributed by atoms with E-state index < -0.39 is 42.5 Å². The third-order valence-electron chi connectivity index (χ3n) is 2.58. The van der Waals surface area contributed by atoms with Crippen molar-refractivity contribution in [2.45, 2.75) is 32.0 Å². The van der Waals surface area contributed by atoms with Crippen LogP contribution in [0.1, 0.15) is 13.8 Å². The molecule has 6 N–H and O–H groups in total. The number of nitrogens with two attached hydrogens (primary N) is 1. The molecule has 8 nitrogen and oxygen atoms in total. The van der Waals surface area contributed by atoms with E-state index in [9.17, 15) is 14.4 Å². The van der Waals surface area contributed by atoms with Crippen LogP contribution in [0.15, 0.2) is 0 Å². The van der Waals surface area contributed by atoms with Gasteiger partial charge in [0, 0.05) is 5.75 Å². The highest BCUT2D eigenvalue weighted by atomic mass is 32.1. The third kappa shape index (κ3) is 5.76. The third-order valence-corrected chi connectivity index (χ3v) is 2.94. The second kappa shape index (κ2) is 8.77. The number of carbonyl (C=O) groups is 3. The van der Waals surface area contributed by atoms with E-state index >= 15 is 0 Å². The predicted molar refractivity (Wildman–Crippen MR) is 75.2 cm³/mol. The van der Waals surface area contributed by atoms with Crippen LogP contribution in [0.5, 0.6) is 0 Å². The first-order valence-corrected chi connectivity index (χ1v) is 6.68. The molecule has 9 heteroatoms. The lowest BCUT2D eigenvalue weighted by Crippen LogP contribution is -2.56. The Bertz CT molecular complexity index is 364. The van der Waals surface area contributed by atoms with E-state index in [1.54, 1.807) is 13.8 Å². The van der Waals surface area contributed by atoms with Crippen molar-refractivity contribution in [2.24, 2.45) is 11.7 Å². The second-order valence-electron chi connectivity index (χ2n) is 4.60. The summed E-state index contributed by atoms with van der Waals surface area (Å²) in [5.74, 6) is -2.88. The van der Waals surface area contributed by atoms with Crippen molar-refractivity contribution in [2.75, 3.05) is 12.4 Å². The van der Waals surface area contributed by atoms with E-state index in [1.165, 1.54) is 0 Å². The summed E-state index contributed by atoms with van der Waals surface area (Å²) in [6.07, 6.45) is 0. The predicted octanol–water partition coefficient (Wildman–Crippen LogP) is -2.05. The minimum Gasteiger partial charge on any atom is -0.480 e. The van der Waals surface area contributed by atoms with Gasteiger partial charge in [-0.2, -0.15) is 12.6 Å². The van der Waals surface area contributed by atoms with Crippen LogP contribution in [-0.2, 0) is 14.4 Å². The minimum absolute atomic E-state index is 0.0276. The molecule has 0 bridgehead atoms. The summed E-state index contributed by atoms with van der Waals surface area (Å²) in [4.78, 5) is 34.4. The number of thiol groups is 1. The zero-order chi connectivity index (χ0) is 15.9. The smallest absolute Gasteiger partial charge is 0.326 e. The Morgan fingerprint density at radius 1 is 1.20 bits per heavy atom. The maximum Gasteiger partial charge on any atom is 0.326 e. The monoisotopic (exact) mass is 307 g/mol. The van der Waals surface area contributed by atoms with Gasteiger partial charge in [-0.25, -0.2) is 4.79 Å². The molecule has 2 amide bonds. The van der Waals surface area contributed by atoms with E-state index in [1.807, 2.05) is 0 Å². The lowest BCUT2D eigenvalue weighted by atomic mass is 10.0. The van der Waals surface area contributed by atoms with E-state index in [0.29, 0.717) is 0 Å². The topological polar surface area (TPSA) is 142 Å². The first-order chi connectivity index (χ1) is 9.24. The van der Waals surface area contributed by atoms with Crippen LogP contribution in [-0.4, -0.2) is 58.5 Å². The van der Waals surface area contributed by atoms with Crippen LogP contribution < -0.4 is 16.4 Å². The Morgan fingerprint density at radius 2 is 1.75 bits per heavy atom. The maximum atomic E-state index is 11.9. The molecule has 0 rings (SSSR count). The van der Waals surface area contributed by atoms with E-state index in [2.05, 4.69) is 23.3 Å². The molecule has 116 valence electrons. The number of hydrogen-bond acceptors (Lipinski definition) is 6. The number of carboxylic acids is 1. The van der Waals surface area contributed by atoms with Crippen molar-refractivity contribution < 1.29 is 24.6 Å². The zero-order valence-electron chi connectivity index (χ0n) is 11.4. The second-order valence-corrected chi connectivity index (χ2v) is 4.97. The first-order valence-electron chi connectivity index (χ1n) is 6.05. The highest BCUT2D eigenvalue weighted by Crippen LogP contribution is 2.02. The van der Waals surface area contributed by atoms with Gasteiger partial charge in [0.1, 0.15) is 18.1 Å². The van der Waals surface area contributed by atoms with Crippen molar-refractivity contribution in [1.29, 1.82) is 0 Å². The van der Waals surface area contributed by atoms with Crippen molar-refractivity contribution >= 4 is 30.4 Å². The normalized spacial score (nSPS) is 15.3. The summed E-state index contributed by atoms with van der Waals surface area (Å²) >= 11 is 3.93. The van der Waals surface area contributed by atoms with Crippen molar-refractivity contribution in [3.8, 4) is 0 Å². The number of nitrogens with one attached hydrogen (secondary N) is 2. The first kappa shape index (κ1) is 18.7. The molecule has 0 radical (unpaired) electrons. The largest absolute Gasteiger partial charge is 0.480 e. The van der Waals surface area contributed by atoms with Gasteiger partial charge >= 0.3 is 5.97 Å². The average Bonchev–Trinajstić information content (AvgIpc) is 2.39. The summed E-state index contributed by atoms with van der Waals surface area (Å²) in [5.41, 5.74) is 5.30. The Morgan fingerprint density at radius 3 is 2.10 bits per heavy atom. The number of aliphatic hydroxyl groups is 1. The summed E-state index contributed by atoms with van der Waals surface area (Å²) in [6, 6.07) is -3.23. The standard InChI is InChI=1S/C11H21N3O5S/c1-5(2)8(11(18)19)14-10(17)7(4-20)13-9(16)6(12)3-15/h5-8,15,20H,3-4,12H2,1-2H3,(H,13,16)(H,14,17)(H,18,19). The molecule has 0 aliphatic heterocycles. The Labute approximate surface area is 122 Å². The van der Waals surface area contributed by atoms with Crippen molar-refractivity contribution in [3.05, 3.63) is 0 Å². The summed E-state index contributed by atoms with van der Waals surface area (Å²) in [5, 5.41) is 22.3. The van der Waals surface area contributed by atoms with E-state index in [0.717, 1.165) is 0 Å². The van der Waals surface area contributed by atoms with Gasteiger partial charge in [0.05, 0.1) is 6.61 Å². The maximum absolute atomic E-state index is 11.9. The van der Waals surface area contributed by atoms with Gasteiger partial charge in [0.15, 0.2) is 0 Å². The highest BCUT2D eigenvalue weighted by molar-refractivity contribution is 7.80. The number of rotatable bonds is 8. The number of amides is 2. The van der Waals surface area contributed by atoms with Gasteiger partial charge in [-0.1, -0.05) is 13.8 Å². The SMILES string of the molecule is CC(C)C(NC(=O)C(CS)NC(=O)C(N)CO)C(=O)O. The lowest BCUT2D eigenvalue weighted by Gasteiger charge is -2.23. The molecule has 3 unspecified atom stereocenters. The zero-order valence-corrected chi connectivity index (χ0v) is 12.3. The summed E-state index contributed by atoms with van der Waals surface area (Å²) in [6.45, 7) is 2.74. The van der Waals surface area contributed by atoms with Crippen molar-refractivity contribution in [1.82, 2.24) is 10.6 Å². The van der Waals surface area contributed by atoms with Crippen LogP contribution >= 0.6 is 12.6 Å². The van der Waals surface area contributed by atoms with Crippen LogP contribution in [0.3, 0.4) is 0 Å². The van der Waals surface area contributed by atoms with Crippen LogP contribution in [0, 0.1) is 5.92 Å². The molecule has 0 aromatic carbocycles. The lowest BCUT2D eigenvalue weighted by molar-refractivity contribution is -0.143. The summed E-state index contributed by atoms with van der Waals surface area (Å²) in [7, 11) is 0. The molecule has 3 atom stereocenters. The molecule has 0 aliphatic carbocycles. The molecule has 0 heterocycles. The minimum atomic E-state index is -1.16. The number of aliphatic carboxylic acids is 1. The number of carboxylic acid groups (broad SMARTS) is 1. The summed E-state index contributed by atoms with van der Waals surface area (Å²) < 4.78 is 0. The number of carbonyl (C=O) groups excluding carboxylic acids is 2. The Hall–Kier alpha value is -1.32. The van der Waals surface area contributed by atoms with Crippen molar-refractivity contribution in [3.63, 3.8) is 0 Å². The van der Waals surface area contributed by atoms with Crippen LogP contribution in [0.25, 0.3) is 0 Å². The Kier molecular flexibility index (Phi) is 8.19. The molecule has 20 heavy (non-hydrogen) atoms. The molecule has 0 aromatic heterocycles. The molecule has 0 saturated carbocycles. The fourth-order valence-corrected chi connectivity index (χ4v) is 1.58. The fourth-order valence-electron chi connectivity index (χ4n) is 1.32. The van der Waals surface area contributed by atoms with Gasteiger partial charge in [-0.3, -0.25) is 9.59 Å². The average molecular weight is 307 g/mol. The molecule has 0 aliphatic rings. The molecule has 0 saturated heterocycles. The van der Waals surface area contributed by atoms with E-state index in [-0.39, 0.29) is 11.7 Å². The van der Waals surface area contributed by atoms with Gasteiger partial charge in [0.2, 0.25) is 11.8 Å². The fraction of sp³-hybridized carbons (Fsp3) is 0.727. The molecular formula is C11H21N3O5S. The molecule has 0 aromatic rings. The number of aliphatic hydroxyl groups excluding tert-OH is 1. The van der Waals surface area contributed by atoms with Crippen LogP contribution in [0.4, 0.5) is 0 Å². The molecular weight excluding hydrogens is 286 g/mol. The van der Waals surface area contributed by atoms with Crippen LogP contribution in [0.2, 0.25) is 0 Å². The van der Waals surface area contributed by atoms with Gasteiger partial charge in [-0.15, -0.1) is 0 Å². The van der Waals surface area contributed by atoms with Gasteiger partial charge in [-0.05, 0) is 5.92 Å². The van der Waals surface area contributed by atoms with Gasteiger partial charge in [0.25, 0.3) is 0 Å². The number of hydrogen-bond donors (Lipinski definition) is 6. The highest BCUT2D eigenvalue weighted by Gasteiger charge is 2.28. The quantitative estimate of drug-likeness (QED) is 0.285. The molecule has 0 fully saturated rings. The van der Waals surface area contributed by atoms with Gasteiger partial charge < -0.3 is 26.6 Å².